The zero-order valence-electron chi connectivity index (χ0n) is 13.3. The lowest BCUT2D eigenvalue weighted by Gasteiger charge is -2.17. The second kappa shape index (κ2) is 7.00. The number of amides is 2. The van der Waals surface area contributed by atoms with Gasteiger partial charge in [0.2, 0.25) is 11.8 Å². The van der Waals surface area contributed by atoms with Crippen molar-refractivity contribution in [3.63, 3.8) is 0 Å². The lowest BCUT2D eigenvalue weighted by atomic mass is 10.1. The van der Waals surface area contributed by atoms with Gasteiger partial charge in [-0.05, 0) is 30.7 Å². The van der Waals surface area contributed by atoms with Gasteiger partial charge in [0.25, 0.3) is 0 Å². The summed E-state index contributed by atoms with van der Waals surface area (Å²) in [5.74, 6) is 0.801. The van der Waals surface area contributed by atoms with Crippen LogP contribution in [0.5, 0.6) is 5.75 Å². The van der Waals surface area contributed by atoms with E-state index in [1.165, 1.54) is 0 Å². The van der Waals surface area contributed by atoms with Crippen LogP contribution in [0.4, 0.5) is 5.69 Å². The number of anilines is 1. The van der Waals surface area contributed by atoms with E-state index in [-0.39, 0.29) is 24.2 Å². The van der Waals surface area contributed by atoms with Crippen LogP contribution >= 0.6 is 0 Å². The van der Waals surface area contributed by atoms with Gasteiger partial charge in [0.05, 0.1) is 19.6 Å². The van der Waals surface area contributed by atoms with E-state index in [9.17, 15) is 9.59 Å². The Labute approximate surface area is 135 Å². The maximum atomic E-state index is 12.3. The van der Waals surface area contributed by atoms with E-state index in [0.29, 0.717) is 25.6 Å². The molecule has 2 heterocycles. The zero-order chi connectivity index (χ0) is 16.2. The fraction of sp³-hybridized carbons (Fsp3) is 0.529. The molecule has 0 aromatic heterocycles. The number of hydrogen-bond donors (Lipinski definition) is 1. The molecule has 2 amide bonds. The van der Waals surface area contributed by atoms with E-state index in [1.54, 1.807) is 12.0 Å². The van der Waals surface area contributed by atoms with Crippen molar-refractivity contribution >= 4 is 17.5 Å². The van der Waals surface area contributed by atoms with Crippen LogP contribution < -0.4 is 15.0 Å². The fourth-order valence-corrected chi connectivity index (χ4v) is 3.03. The van der Waals surface area contributed by atoms with E-state index < -0.39 is 0 Å². The van der Waals surface area contributed by atoms with Crippen LogP contribution in [-0.2, 0) is 14.3 Å². The summed E-state index contributed by atoms with van der Waals surface area (Å²) in [4.78, 5) is 26.1. The second-order valence-corrected chi connectivity index (χ2v) is 6.08. The van der Waals surface area contributed by atoms with Crippen LogP contribution in [0.1, 0.15) is 12.8 Å². The van der Waals surface area contributed by atoms with Gasteiger partial charge in [0, 0.05) is 37.7 Å². The molecule has 6 nitrogen and oxygen atoms in total. The molecule has 2 aliphatic heterocycles. The minimum atomic E-state index is -0.285. The molecular formula is C17H22N2O4. The van der Waals surface area contributed by atoms with Gasteiger partial charge in [-0.1, -0.05) is 0 Å². The first-order valence-corrected chi connectivity index (χ1v) is 7.97. The predicted octanol–water partition coefficient (Wildman–Crippen LogP) is 1.20. The summed E-state index contributed by atoms with van der Waals surface area (Å²) in [6.45, 7) is 2.54. The monoisotopic (exact) mass is 318 g/mol. The molecule has 0 radical (unpaired) electrons. The van der Waals surface area contributed by atoms with Crippen molar-refractivity contribution in [2.75, 3.05) is 38.3 Å². The highest BCUT2D eigenvalue weighted by Gasteiger charge is 2.35. The first-order valence-electron chi connectivity index (χ1n) is 7.97. The molecule has 2 aliphatic rings. The van der Waals surface area contributed by atoms with Crippen LogP contribution in [0.25, 0.3) is 0 Å². The molecule has 2 atom stereocenters. The first-order chi connectivity index (χ1) is 11.2. The Morgan fingerprint density at radius 2 is 2.17 bits per heavy atom. The number of ether oxygens (including phenoxy) is 2. The number of methoxy groups -OCH3 is 1. The SMILES string of the molecule is COc1ccc(N2C[C@@H](C(=O)NC[C@@H]3CCOC3)CC2=O)cc1. The highest BCUT2D eigenvalue weighted by molar-refractivity contribution is 6.00. The molecule has 6 heteroatoms. The smallest absolute Gasteiger partial charge is 0.227 e. The van der Waals surface area contributed by atoms with Gasteiger partial charge in [-0.25, -0.2) is 0 Å². The molecule has 1 N–H and O–H groups in total. The number of hydrogen-bond acceptors (Lipinski definition) is 4. The Morgan fingerprint density at radius 1 is 1.39 bits per heavy atom. The minimum Gasteiger partial charge on any atom is -0.497 e. The molecule has 3 rings (SSSR count). The van der Waals surface area contributed by atoms with Crippen LogP contribution in [0.15, 0.2) is 24.3 Å². The molecule has 2 saturated heterocycles. The topological polar surface area (TPSA) is 67.9 Å². The van der Waals surface area contributed by atoms with Crippen LogP contribution in [0.3, 0.4) is 0 Å². The molecular weight excluding hydrogens is 296 g/mol. The largest absolute Gasteiger partial charge is 0.497 e. The van der Waals surface area contributed by atoms with Crippen molar-refractivity contribution in [2.24, 2.45) is 11.8 Å². The average molecular weight is 318 g/mol. The minimum absolute atomic E-state index is 0.0143. The summed E-state index contributed by atoms with van der Waals surface area (Å²) in [5, 5.41) is 2.96. The zero-order valence-corrected chi connectivity index (χ0v) is 13.3. The van der Waals surface area contributed by atoms with Gasteiger partial charge < -0.3 is 19.7 Å². The van der Waals surface area contributed by atoms with Crippen molar-refractivity contribution in [3.05, 3.63) is 24.3 Å². The van der Waals surface area contributed by atoms with Gasteiger partial charge in [-0.3, -0.25) is 9.59 Å². The molecule has 0 saturated carbocycles. The summed E-state index contributed by atoms with van der Waals surface area (Å²) in [7, 11) is 1.60. The highest BCUT2D eigenvalue weighted by atomic mass is 16.5. The van der Waals surface area contributed by atoms with Crippen LogP contribution in [0, 0.1) is 11.8 Å². The van der Waals surface area contributed by atoms with Crippen LogP contribution in [0.2, 0.25) is 0 Å². The number of nitrogens with zero attached hydrogens (tertiary/aromatic N) is 1. The molecule has 2 fully saturated rings. The van der Waals surface area contributed by atoms with E-state index in [4.69, 9.17) is 9.47 Å². The number of benzene rings is 1. The lowest BCUT2D eigenvalue weighted by Crippen LogP contribution is -2.36. The third kappa shape index (κ3) is 3.64. The number of carbonyl (C=O) groups excluding carboxylic acids is 2. The molecule has 23 heavy (non-hydrogen) atoms. The summed E-state index contributed by atoms with van der Waals surface area (Å²) in [5.41, 5.74) is 0.801. The maximum absolute atomic E-state index is 12.3. The Kier molecular flexibility index (Phi) is 4.81. The molecule has 1 aromatic rings. The number of carbonyl (C=O) groups is 2. The first kappa shape index (κ1) is 15.8. The Balaban J connectivity index is 1.56. The number of nitrogens with one attached hydrogen (secondary N) is 1. The molecule has 0 aliphatic carbocycles. The van der Waals surface area contributed by atoms with Gasteiger partial charge in [-0.15, -0.1) is 0 Å². The second-order valence-electron chi connectivity index (χ2n) is 6.08. The molecule has 0 spiro atoms. The maximum Gasteiger partial charge on any atom is 0.227 e. The third-order valence-corrected chi connectivity index (χ3v) is 4.47. The van der Waals surface area contributed by atoms with E-state index >= 15 is 0 Å². The van der Waals surface area contributed by atoms with E-state index in [1.807, 2.05) is 24.3 Å². The van der Waals surface area contributed by atoms with Crippen molar-refractivity contribution in [1.29, 1.82) is 0 Å². The quantitative estimate of drug-likeness (QED) is 0.886. The van der Waals surface area contributed by atoms with Gasteiger partial charge in [-0.2, -0.15) is 0 Å². The van der Waals surface area contributed by atoms with Gasteiger partial charge in [0.1, 0.15) is 5.75 Å². The Morgan fingerprint density at radius 3 is 2.83 bits per heavy atom. The third-order valence-electron chi connectivity index (χ3n) is 4.47. The average Bonchev–Trinajstić information content (AvgIpc) is 3.22. The van der Waals surface area contributed by atoms with Gasteiger partial charge >= 0.3 is 0 Å². The fourth-order valence-electron chi connectivity index (χ4n) is 3.03. The predicted molar refractivity (Wildman–Crippen MR) is 85.4 cm³/mol. The van der Waals surface area contributed by atoms with Crippen molar-refractivity contribution in [3.8, 4) is 5.75 Å². The summed E-state index contributed by atoms with van der Waals surface area (Å²) in [6.07, 6.45) is 1.25. The highest BCUT2D eigenvalue weighted by Crippen LogP contribution is 2.27. The summed E-state index contributed by atoms with van der Waals surface area (Å²) < 4.78 is 10.4. The Bertz CT molecular complexity index is 566. The molecule has 0 unspecified atom stereocenters. The Hall–Kier alpha value is -2.08. The van der Waals surface area contributed by atoms with E-state index in [0.717, 1.165) is 24.5 Å². The normalized spacial score (nSPS) is 24.0. The van der Waals surface area contributed by atoms with Crippen molar-refractivity contribution < 1.29 is 19.1 Å². The molecule has 0 bridgehead atoms. The summed E-state index contributed by atoms with van der Waals surface area (Å²) in [6, 6.07) is 7.31. The van der Waals surface area contributed by atoms with Gasteiger partial charge in [0.15, 0.2) is 0 Å². The lowest BCUT2D eigenvalue weighted by molar-refractivity contribution is -0.126. The van der Waals surface area contributed by atoms with Crippen molar-refractivity contribution in [2.45, 2.75) is 12.8 Å². The van der Waals surface area contributed by atoms with E-state index in [2.05, 4.69) is 5.32 Å². The number of rotatable bonds is 5. The standard InChI is InChI=1S/C17H22N2O4/c1-22-15-4-2-14(3-5-15)19-10-13(8-16(19)20)17(21)18-9-12-6-7-23-11-12/h2-5,12-13H,6-11H2,1H3,(H,18,21)/t12-,13-/m0/s1. The van der Waals surface area contributed by atoms with Crippen LogP contribution in [-0.4, -0.2) is 45.2 Å². The molecule has 124 valence electrons. The summed E-state index contributed by atoms with van der Waals surface area (Å²) >= 11 is 0. The van der Waals surface area contributed by atoms with Crippen molar-refractivity contribution in [1.82, 2.24) is 5.32 Å². The molecule has 1 aromatic carbocycles.